The van der Waals surface area contributed by atoms with E-state index < -0.39 is 0 Å². The number of hydrogen-bond acceptors (Lipinski definition) is 2. The molecule has 0 saturated carbocycles. The van der Waals surface area contributed by atoms with Gasteiger partial charge in [0.25, 0.3) is 0 Å². The van der Waals surface area contributed by atoms with Gasteiger partial charge in [-0.2, -0.15) is 0 Å². The van der Waals surface area contributed by atoms with Gasteiger partial charge in [0, 0.05) is 5.39 Å². The second kappa shape index (κ2) is 4.49. The quantitative estimate of drug-likeness (QED) is 0.738. The SMILES string of the molecule is CCCOc1cccc2ccc(Cl)nc12. The zero-order valence-corrected chi connectivity index (χ0v) is 9.29. The summed E-state index contributed by atoms with van der Waals surface area (Å²) in [6.07, 6.45) is 0.983. The molecule has 0 aliphatic carbocycles. The van der Waals surface area contributed by atoms with Gasteiger partial charge in [-0.25, -0.2) is 4.98 Å². The number of benzene rings is 1. The summed E-state index contributed by atoms with van der Waals surface area (Å²) >= 11 is 5.86. The fourth-order valence-corrected chi connectivity index (χ4v) is 1.57. The van der Waals surface area contributed by atoms with Gasteiger partial charge >= 0.3 is 0 Å². The highest BCUT2D eigenvalue weighted by Crippen LogP contribution is 2.25. The highest BCUT2D eigenvalue weighted by atomic mass is 35.5. The molecule has 1 aromatic carbocycles. The molecule has 0 bridgehead atoms. The third-order valence-electron chi connectivity index (χ3n) is 2.11. The van der Waals surface area contributed by atoms with Gasteiger partial charge in [0.15, 0.2) is 0 Å². The van der Waals surface area contributed by atoms with E-state index in [1.807, 2.05) is 24.3 Å². The zero-order valence-electron chi connectivity index (χ0n) is 8.53. The fourth-order valence-electron chi connectivity index (χ4n) is 1.42. The molecular weight excluding hydrogens is 210 g/mol. The van der Waals surface area contributed by atoms with Gasteiger partial charge in [0.2, 0.25) is 0 Å². The van der Waals surface area contributed by atoms with Crippen molar-refractivity contribution < 1.29 is 4.74 Å². The molecule has 0 aliphatic heterocycles. The molecule has 0 amide bonds. The Kier molecular flexibility index (Phi) is 3.07. The monoisotopic (exact) mass is 221 g/mol. The Bertz CT molecular complexity index is 470. The van der Waals surface area contributed by atoms with Crippen molar-refractivity contribution in [3.63, 3.8) is 0 Å². The van der Waals surface area contributed by atoms with Crippen LogP contribution >= 0.6 is 11.6 Å². The number of pyridine rings is 1. The molecule has 2 aromatic rings. The molecule has 0 N–H and O–H groups in total. The van der Waals surface area contributed by atoms with E-state index in [2.05, 4.69) is 11.9 Å². The molecular formula is C12H12ClNO. The topological polar surface area (TPSA) is 22.1 Å². The van der Waals surface area contributed by atoms with E-state index in [0.29, 0.717) is 11.8 Å². The van der Waals surface area contributed by atoms with Crippen molar-refractivity contribution in [2.24, 2.45) is 0 Å². The van der Waals surface area contributed by atoms with Crippen LogP contribution in [0, 0.1) is 0 Å². The molecule has 0 fully saturated rings. The first-order valence-electron chi connectivity index (χ1n) is 4.99. The number of rotatable bonds is 3. The second-order valence-corrected chi connectivity index (χ2v) is 3.70. The summed E-state index contributed by atoms with van der Waals surface area (Å²) in [5.74, 6) is 0.803. The molecule has 3 heteroatoms. The molecule has 0 radical (unpaired) electrons. The van der Waals surface area contributed by atoms with Crippen LogP contribution in [0.4, 0.5) is 0 Å². The fraction of sp³-hybridized carbons (Fsp3) is 0.250. The first-order valence-corrected chi connectivity index (χ1v) is 5.37. The molecule has 15 heavy (non-hydrogen) atoms. The maximum atomic E-state index is 5.86. The number of nitrogens with zero attached hydrogens (tertiary/aromatic N) is 1. The van der Waals surface area contributed by atoms with E-state index in [1.165, 1.54) is 0 Å². The van der Waals surface area contributed by atoms with Gasteiger partial charge in [-0.3, -0.25) is 0 Å². The average molecular weight is 222 g/mol. The standard InChI is InChI=1S/C12H12ClNO/c1-2-8-15-10-5-3-4-9-6-7-11(13)14-12(9)10/h3-7H,2,8H2,1H3. The van der Waals surface area contributed by atoms with Crippen molar-refractivity contribution in [1.82, 2.24) is 4.98 Å². The van der Waals surface area contributed by atoms with Crippen LogP contribution in [0.25, 0.3) is 10.9 Å². The van der Waals surface area contributed by atoms with E-state index in [9.17, 15) is 0 Å². The number of ether oxygens (including phenoxy) is 1. The Labute approximate surface area is 93.8 Å². The minimum atomic E-state index is 0.495. The molecule has 78 valence electrons. The van der Waals surface area contributed by atoms with Crippen LogP contribution in [-0.4, -0.2) is 11.6 Å². The van der Waals surface area contributed by atoms with Crippen molar-refractivity contribution in [2.75, 3.05) is 6.61 Å². The molecule has 2 nitrogen and oxygen atoms in total. The van der Waals surface area contributed by atoms with E-state index in [4.69, 9.17) is 16.3 Å². The smallest absolute Gasteiger partial charge is 0.145 e. The Morgan fingerprint density at radius 1 is 1.27 bits per heavy atom. The first kappa shape index (κ1) is 10.2. The number of aromatic nitrogens is 1. The minimum absolute atomic E-state index is 0.495. The van der Waals surface area contributed by atoms with Gasteiger partial charge in [-0.1, -0.05) is 30.7 Å². The number of halogens is 1. The molecule has 2 rings (SSSR count). The summed E-state index contributed by atoms with van der Waals surface area (Å²) in [6, 6.07) is 9.61. The van der Waals surface area contributed by atoms with Crippen molar-refractivity contribution in [3.8, 4) is 5.75 Å². The third kappa shape index (κ3) is 2.21. The van der Waals surface area contributed by atoms with Crippen molar-refractivity contribution in [2.45, 2.75) is 13.3 Å². The van der Waals surface area contributed by atoms with Gasteiger partial charge in [0.1, 0.15) is 16.4 Å². The van der Waals surface area contributed by atoms with Crippen LogP contribution in [0.2, 0.25) is 5.15 Å². The predicted molar refractivity (Wildman–Crippen MR) is 62.5 cm³/mol. The van der Waals surface area contributed by atoms with Crippen LogP contribution in [0.5, 0.6) is 5.75 Å². The van der Waals surface area contributed by atoms with Crippen molar-refractivity contribution in [1.29, 1.82) is 0 Å². The summed E-state index contributed by atoms with van der Waals surface area (Å²) in [5, 5.41) is 1.54. The first-order chi connectivity index (χ1) is 7.31. The van der Waals surface area contributed by atoms with Crippen LogP contribution < -0.4 is 4.74 Å². The minimum Gasteiger partial charge on any atom is -0.491 e. The number of hydrogen-bond donors (Lipinski definition) is 0. The molecule has 0 spiro atoms. The maximum absolute atomic E-state index is 5.86. The van der Waals surface area contributed by atoms with Gasteiger partial charge in [-0.05, 0) is 24.6 Å². The summed E-state index contributed by atoms with van der Waals surface area (Å²) in [4.78, 5) is 4.27. The maximum Gasteiger partial charge on any atom is 0.145 e. The highest BCUT2D eigenvalue weighted by molar-refractivity contribution is 6.29. The molecule has 0 saturated heterocycles. The van der Waals surface area contributed by atoms with Gasteiger partial charge < -0.3 is 4.74 Å². The van der Waals surface area contributed by atoms with E-state index in [-0.39, 0.29) is 0 Å². The van der Waals surface area contributed by atoms with Crippen LogP contribution in [0.15, 0.2) is 30.3 Å². The molecule has 0 atom stereocenters. The molecule has 0 unspecified atom stereocenters. The average Bonchev–Trinajstić information content (AvgIpc) is 2.26. The molecule has 1 heterocycles. The Balaban J connectivity index is 2.48. The van der Waals surface area contributed by atoms with Crippen LogP contribution in [0.1, 0.15) is 13.3 Å². The van der Waals surface area contributed by atoms with Crippen molar-refractivity contribution >= 4 is 22.5 Å². The Hall–Kier alpha value is -1.28. The Morgan fingerprint density at radius 2 is 2.13 bits per heavy atom. The third-order valence-corrected chi connectivity index (χ3v) is 2.32. The van der Waals surface area contributed by atoms with Crippen LogP contribution in [-0.2, 0) is 0 Å². The van der Waals surface area contributed by atoms with E-state index in [1.54, 1.807) is 6.07 Å². The lowest BCUT2D eigenvalue weighted by Gasteiger charge is -2.07. The van der Waals surface area contributed by atoms with E-state index >= 15 is 0 Å². The van der Waals surface area contributed by atoms with Gasteiger partial charge in [-0.15, -0.1) is 0 Å². The van der Waals surface area contributed by atoms with E-state index in [0.717, 1.165) is 23.1 Å². The summed E-state index contributed by atoms with van der Waals surface area (Å²) < 4.78 is 5.60. The number of fused-ring (bicyclic) bond motifs is 1. The molecule has 0 aliphatic rings. The number of para-hydroxylation sites is 1. The lowest BCUT2D eigenvalue weighted by Crippen LogP contribution is -1.96. The lowest BCUT2D eigenvalue weighted by molar-refractivity contribution is 0.320. The summed E-state index contributed by atoms with van der Waals surface area (Å²) in [6.45, 7) is 2.78. The summed E-state index contributed by atoms with van der Waals surface area (Å²) in [7, 11) is 0. The Morgan fingerprint density at radius 3 is 2.93 bits per heavy atom. The van der Waals surface area contributed by atoms with Crippen LogP contribution in [0.3, 0.4) is 0 Å². The zero-order chi connectivity index (χ0) is 10.7. The highest BCUT2D eigenvalue weighted by Gasteiger charge is 2.03. The van der Waals surface area contributed by atoms with Gasteiger partial charge in [0.05, 0.1) is 6.61 Å². The summed E-state index contributed by atoms with van der Waals surface area (Å²) in [5.41, 5.74) is 0.832. The second-order valence-electron chi connectivity index (χ2n) is 3.31. The lowest BCUT2D eigenvalue weighted by atomic mass is 10.2. The largest absolute Gasteiger partial charge is 0.491 e. The molecule has 1 aromatic heterocycles. The predicted octanol–water partition coefficient (Wildman–Crippen LogP) is 3.68. The van der Waals surface area contributed by atoms with Crippen molar-refractivity contribution in [3.05, 3.63) is 35.5 Å². The normalized spacial score (nSPS) is 10.5.